The summed E-state index contributed by atoms with van der Waals surface area (Å²) in [5, 5.41) is 3.88. The number of amides is 1. The summed E-state index contributed by atoms with van der Waals surface area (Å²) in [6.07, 6.45) is 1.15. The lowest BCUT2D eigenvalue weighted by molar-refractivity contribution is 0.0998. The number of rotatable bonds is 3. The normalized spacial score (nSPS) is 11.9. The molecule has 2 aromatic carbocycles. The van der Waals surface area contributed by atoms with Gasteiger partial charge < -0.3 is 4.42 Å². The van der Waals surface area contributed by atoms with Gasteiger partial charge in [-0.25, -0.2) is 13.4 Å². The van der Waals surface area contributed by atoms with Gasteiger partial charge >= 0.3 is 0 Å². The highest BCUT2D eigenvalue weighted by molar-refractivity contribution is 9.10. The number of hydrogen-bond acceptors (Lipinski definition) is 6. The molecular weight excluding hydrogens is 440 g/mol. The van der Waals surface area contributed by atoms with Gasteiger partial charge in [0.15, 0.2) is 20.7 Å². The standard InChI is InChI=1S/C17H11BrN2O4S2/c1-26(22,23)10-5-6-12-14(8-10)25-17(19-12)20-16(21)13-7-9-3-2-4-11(18)15(9)24-13/h2-8H,1H3,(H,19,20,21). The Morgan fingerprint density at radius 3 is 2.77 bits per heavy atom. The SMILES string of the molecule is CS(=O)(=O)c1ccc2nc(NC(=O)c3cc4cccc(Br)c4o3)sc2c1. The van der Waals surface area contributed by atoms with Crippen LogP contribution in [0.5, 0.6) is 0 Å². The molecule has 0 atom stereocenters. The number of carbonyl (C=O) groups is 1. The second kappa shape index (κ2) is 6.19. The molecule has 0 aliphatic rings. The van der Waals surface area contributed by atoms with Gasteiger partial charge in [0.2, 0.25) is 0 Å². The highest BCUT2D eigenvalue weighted by atomic mass is 79.9. The van der Waals surface area contributed by atoms with E-state index in [1.165, 1.54) is 17.4 Å². The lowest BCUT2D eigenvalue weighted by Gasteiger charge is -1.96. The first-order chi connectivity index (χ1) is 12.3. The van der Waals surface area contributed by atoms with E-state index in [1.807, 2.05) is 18.2 Å². The van der Waals surface area contributed by atoms with E-state index in [0.717, 1.165) is 16.1 Å². The fourth-order valence-electron chi connectivity index (χ4n) is 2.49. The number of sulfone groups is 1. The molecule has 132 valence electrons. The van der Waals surface area contributed by atoms with Crippen molar-refractivity contribution in [1.29, 1.82) is 0 Å². The van der Waals surface area contributed by atoms with Gasteiger partial charge in [-0.2, -0.15) is 0 Å². The maximum absolute atomic E-state index is 12.4. The number of nitrogens with zero attached hydrogens (tertiary/aromatic N) is 1. The number of fused-ring (bicyclic) bond motifs is 2. The number of furan rings is 1. The molecule has 6 nitrogen and oxygen atoms in total. The van der Waals surface area contributed by atoms with Crippen LogP contribution in [-0.2, 0) is 9.84 Å². The number of benzene rings is 2. The molecule has 0 spiro atoms. The van der Waals surface area contributed by atoms with E-state index in [9.17, 15) is 13.2 Å². The van der Waals surface area contributed by atoms with Gasteiger partial charge in [0.25, 0.3) is 5.91 Å². The van der Waals surface area contributed by atoms with E-state index in [-0.39, 0.29) is 10.7 Å². The van der Waals surface area contributed by atoms with Crippen LogP contribution in [0.15, 0.2) is 56.2 Å². The molecule has 4 aromatic rings. The zero-order valence-corrected chi connectivity index (χ0v) is 16.5. The summed E-state index contributed by atoms with van der Waals surface area (Å²) in [4.78, 5) is 17.0. The maximum atomic E-state index is 12.4. The van der Waals surface area contributed by atoms with Crippen LogP contribution in [-0.4, -0.2) is 25.6 Å². The Morgan fingerprint density at radius 1 is 1.23 bits per heavy atom. The Kier molecular flexibility index (Phi) is 4.09. The molecule has 1 amide bonds. The Balaban J connectivity index is 1.65. The number of halogens is 1. The fourth-order valence-corrected chi connectivity index (χ4v) is 4.57. The molecule has 0 saturated carbocycles. The van der Waals surface area contributed by atoms with Crippen molar-refractivity contribution in [3.05, 3.63) is 52.7 Å². The molecule has 0 aliphatic carbocycles. The van der Waals surface area contributed by atoms with Crippen LogP contribution >= 0.6 is 27.3 Å². The van der Waals surface area contributed by atoms with Crippen LogP contribution in [0.2, 0.25) is 0 Å². The van der Waals surface area contributed by atoms with Crippen LogP contribution in [0.25, 0.3) is 21.2 Å². The van der Waals surface area contributed by atoms with Crippen molar-refractivity contribution in [2.24, 2.45) is 0 Å². The van der Waals surface area contributed by atoms with Crippen molar-refractivity contribution in [2.75, 3.05) is 11.6 Å². The number of nitrogens with one attached hydrogen (secondary N) is 1. The molecule has 9 heteroatoms. The zero-order valence-electron chi connectivity index (χ0n) is 13.3. The van der Waals surface area contributed by atoms with Crippen molar-refractivity contribution in [3.8, 4) is 0 Å². The molecular formula is C17H11BrN2O4S2. The summed E-state index contributed by atoms with van der Waals surface area (Å²) in [5.74, 6) is -0.251. The molecule has 0 fully saturated rings. The van der Waals surface area contributed by atoms with Crippen LogP contribution in [0.1, 0.15) is 10.6 Å². The molecule has 0 aliphatic heterocycles. The summed E-state index contributed by atoms with van der Waals surface area (Å²) < 4.78 is 30.4. The van der Waals surface area contributed by atoms with Gasteiger partial charge in [0.05, 0.1) is 19.6 Å². The number of aromatic nitrogens is 1. The van der Waals surface area contributed by atoms with E-state index < -0.39 is 15.7 Å². The summed E-state index contributed by atoms with van der Waals surface area (Å²) in [5.41, 5.74) is 1.21. The molecule has 2 heterocycles. The van der Waals surface area contributed by atoms with Crippen molar-refractivity contribution in [3.63, 3.8) is 0 Å². The largest absolute Gasteiger partial charge is 0.450 e. The average molecular weight is 451 g/mol. The minimum atomic E-state index is -3.30. The van der Waals surface area contributed by atoms with Crippen molar-refractivity contribution in [1.82, 2.24) is 4.98 Å². The minimum absolute atomic E-state index is 0.169. The molecule has 26 heavy (non-hydrogen) atoms. The quantitative estimate of drug-likeness (QED) is 0.497. The minimum Gasteiger partial charge on any atom is -0.450 e. The smallest absolute Gasteiger partial charge is 0.293 e. The van der Waals surface area contributed by atoms with Crippen molar-refractivity contribution in [2.45, 2.75) is 4.90 Å². The topological polar surface area (TPSA) is 89.3 Å². The first-order valence-corrected chi connectivity index (χ1v) is 10.9. The third kappa shape index (κ3) is 3.13. The lowest BCUT2D eigenvalue weighted by atomic mass is 10.2. The lowest BCUT2D eigenvalue weighted by Crippen LogP contribution is -2.10. The van der Waals surface area contributed by atoms with Gasteiger partial charge in [-0.05, 0) is 46.3 Å². The number of para-hydroxylation sites is 1. The molecule has 0 saturated heterocycles. The first kappa shape index (κ1) is 17.2. The molecule has 4 rings (SSSR count). The van der Waals surface area contributed by atoms with Crippen LogP contribution in [0.4, 0.5) is 5.13 Å². The first-order valence-electron chi connectivity index (χ1n) is 7.41. The fraction of sp³-hybridized carbons (Fsp3) is 0.0588. The predicted octanol–water partition coefficient (Wildman–Crippen LogP) is 4.46. The van der Waals surface area contributed by atoms with Gasteiger partial charge in [-0.3, -0.25) is 10.1 Å². The van der Waals surface area contributed by atoms with Gasteiger partial charge in [-0.15, -0.1) is 0 Å². The van der Waals surface area contributed by atoms with E-state index in [0.29, 0.717) is 20.9 Å². The van der Waals surface area contributed by atoms with E-state index in [1.54, 1.807) is 18.2 Å². The Labute approximate surface area is 160 Å². The summed E-state index contributed by atoms with van der Waals surface area (Å²) in [7, 11) is -3.30. The zero-order chi connectivity index (χ0) is 18.5. The molecule has 1 N–H and O–H groups in total. The van der Waals surface area contributed by atoms with Crippen molar-refractivity contribution >= 4 is 69.3 Å². The Hall–Kier alpha value is -2.23. The average Bonchev–Trinajstić information content (AvgIpc) is 3.17. The van der Waals surface area contributed by atoms with Crippen LogP contribution in [0.3, 0.4) is 0 Å². The Bertz CT molecular complexity index is 1270. The van der Waals surface area contributed by atoms with E-state index >= 15 is 0 Å². The number of anilines is 1. The van der Waals surface area contributed by atoms with Crippen molar-refractivity contribution < 1.29 is 17.6 Å². The molecule has 0 bridgehead atoms. The third-order valence-corrected chi connectivity index (χ3v) is 6.40. The second-order valence-corrected chi connectivity index (χ2v) is 9.54. The van der Waals surface area contributed by atoms with Gasteiger partial charge in [0.1, 0.15) is 5.58 Å². The molecule has 2 aromatic heterocycles. The molecule has 0 unspecified atom stereocenters. The second-order valence-electron chi connectivity index (χ2n) is 5.64. The Morgan fingerprint density at radius 2 is 2.04 bits per heavy atom. The highest BCUT2D eigenvalue weighted by Crippen LogP contribution is 2.30. The monoisotopic (exact) mass is 450 g/mol. The van der Waals surface area contributed by atoms with Gasteiger partial charge in [-0.1, -0.05) is 23.5 Å². The third-order valence-electron chi connectivity index (χ3n) is 3.73. The maximum Gasteiger partial charge on any atom is 0.293 e. The summed E-state index contributed by atoms with van der Waals surface area (Å²) in [6.45, 7) is 0. The molecule has 0 radical (unpaired) electrons. The summed E-state index contributed by atoms with van der Waals surface area (Å²) >= 11 is 4.59. The number of thiazole rings is 1. The van der Waals surface area contributed by atoms with Crippen LogP contribution < -0.4 is 5.32 Å². The predicted molar refractivity (Wildman–Crippen MR) is 105 cm³/mol. The van der Waals surface area contributed by atoms with Gasteiger partial charge in [0, 0.05) is 11.6 Å². The number of carbonyl (C=O) groups excluding carboxylic acids is 1. The van der Waals surface area contributed by atoms with E-state index in [2.05, 4.69) is 26.2 Å². The summed E-state index contributed by atoms with van der Waals surface area (Å²) in [6, 6.07) is 11.9. The number of hydrogen-bond donors (Lipinski definition) is 1. The van der Waals surface area contributed by atoms with E-state index in [4.69, 9.17) is 4.42 Å². The highest BCUT2D eigenvalue weighted by Gasteiger charge is 2.16. The van der Waals surface area contributed by atoms with Crippen LogP contribution in [0, 0.1) is 0 Å².